The first-order valence-corrected chi connectivity index (χ1v) is 7.53. The number of rotatable bonds is 2. The summed E-state index contributed by atoms with van der Waals surface area (Å²) in [7, 11) is 3.06. The third kappa shape index (κ3) is 2.72. The topological polar surface area (TPSA) is 73.1 Å². The second kappa shape index (κ2) is 5.98. The number of carbonyl (C=O) groups is 1. The molecule has 0 saturated heterocycles. The summed E-state index contributed by atoms with van der Waals surface area (Å²) >= 11 is 5.81. The molecular weight excluding hydrogens is 330 g/mol. The van der Waals surface area contributed by atoms with Gasteiger partial charge in [0.05, 0.1) is 11.0 Å². The highest BCUT2D eigenvalue weighted by Crippen LogP contribution is 2.18. The lowest BCUT2D eigenvalue weighted by Gasteiger charge is -2.11. The molecular formula is C17H14ClN3O3. The summed E-state index contributed by atoms with van der Waals surface area (Å²) in [6.07, 6.45) is 0. The first-order valence-electron chi connectivity index (χ1n) is 7.15. The van der Waals surface area contributed by atoms with Crippen LogP contribution < -0.4 is 16.4 Å². The van der Waals surface area contributed by atoms with Crippen molar-refractivity contribution in [2.75, 3.05) is 5.32 Å². The van der Waals surface area contributed by atoms with Crippen LogP contribution >= 0.6 is 11.6 Å². The summed E-state index contributed by atoms with van der Waals surface area (Å²) in [5.41, 5.74) is 0.932. The van der Waals surface area contributed by atoms with Gasteiger partial charge in [-0.15, -0.1) is 0 Å². The number of carbonyl (C=O) groups excluding carboxylic acids is 1. The minimum atomic E-state index is -0.619. The molecule has 0 saturated carbocycles. The fraction of sp³-hybridized carbons (Fsp3) is 0.118. The molecule has 1 heterocycles. The van der Waals surface area contributed by atoms with Crippen molar-refractivity contribution < 1.29 is 4.79 Å². The number of benzene rings is 2. The second-order valence-corrected chi connectivity index (χ2v) is 5.83. The molecule has 1 N–H and O–H groups in total. The van der Waals surface area contributed by atoms with Crippen LogP contribution in [0.1, 0.15) is 10.4 Å². The van der Waals surface area contributed by atoms with E-state index < -0.39 is 11.1 Å². The molecule has 0 fully saturated rings. The molecule has 7 heteroatoms. The fourth-order valence-corrected chi connectivity index (χ4v) is 2.59. The van der Waals surface area contributed by atoms with Crippen molar-refractivity contribution >= 4 is 34.2 Å². The summed E-state index contributed by atoms with van der Waals surface area (Å²) in [5.74, 6) is -0.291. The maximum atomic E-state index is 12.3. The minimum Gasteiger partial charge on any atom is -0.322 e. The van der Waals surface area contributed by atoms with Crippen LogP contribution in [0.15, 0.2) is 52.1 Å². The first-order chi connectivity index (χ1) is 11.4. The van der Waals surface area contributed by atoms with E-state index in [2.05, 4.69) is 5.32 Å². The quantitative estimate of drug-likeness (QED) is 0.724. The Labute approximate surface area is 141 Å². The van der Waals surface area contributed by atoms with Gasteiger partial charge >= 0.3 is 11.1 Å². The summed E-state index contributed by atoms with van der Waals surface area (Å²) in [5, 5.41) is 3.32. The molecule has 0 bridgehead atoms. The average Bonchev–Trinajstić information content (AvgIpc) is 2.58. The van der Waals surface area contributed by atoms with E-state index in [1.54, 1.807) is 42.5 Å². The van der Waals surface area contributed by atoms with E-state index in [9.17, 15) is 14.4 Å². The van der Waals surface area contributed by atoms with Crippen LogP contribution in [0.2, 0.25) is 5.02 Å². The normalized spacial score (nSPS) is 10.8. The van der Waals surface area contributed by atoms with Gasteiger partial charge in [-0.25, -0.2) is 0 Å². The monoisotopic (exact) mass is 343 g/mol. The Morgan fingerprint density at radius 1 is 0.917 bits per heavy atom. The van der Waals surface area contributed by atoms with E-state index in [1.165, 1.54) is 23.2 Å². The van der Waals surface area contributed by atoms with Crippen molar-refractivity contribution in [2.45, 2.75) is 0 Å². The van der Waals surface area contributed by atoms with Crippen molar-refractivity contribution in [1.29, 1.82) is 0 Å². The molecule has 0 aliphatic carbocycles. The van der Waals surface area contributed by atoms with E-state index in [0.29, 0.717) is 27.3 Å². The van der Waals surface area contributed by atoms with Gasteiger partial charge in [0.1, 0.15) is 0 Å². The van der Waals surface area contributed by atoms with Crippen molar-refractivity contribution in [3.05, 3.63) is 73.8 Å². The van der Waals surface area contributed by atoms with E-state index >= 15 is 0 Å². The highest BCUT2D eigenvalue weighted by Gasteiger charge is 2.11. The number of nitrogens with one attached hydrogen (secondary N) is 1. The zero-order valence-electron chi connectivity index (χ0n) is 13.0. The predicted octanol–water partition coefficient (Wildman–Crippen LogP) is 2.14. The number of amides is 1. The molecule has 1 amide bonds. The zero-order chi connectivity index (χ0) is 17.4. The Hall–Kier alpha value is -2.86. The molecule has 0 aliphatic rings. The Kier molecular flexibility index (Phi) is 3.99. The smallest absolute Gasteiger partial charge is 0.316 e. The highest BCUT2D eigenvalue weighted by atomic mass is 35.5. The van der Waals surface area contributed by atoms with Crippen LogP contribution in [-0.4, -0.2) is 15.0 Å². The Morgan fingerprint density at radius 3 is 2.12 bits per heavy atom. The first kappa shape index (κ1) is 16.0. The van der Waals surface area contributed by atoms with Crippen molar-refractivity contribution in [3.63, 3.8) is 0 Å². The SMILES string of the molecule is Cn1c(=O)c(=O)n(C)c2cc(NC(=O)c3ccc(Cl)cc3)ccc21. The van der Waals surface area contributed by atoms with Crippen LogP contribution in [0, 0.1) is 0 Å². The number of hydrogen-bond donors (Lipinski definition) is 1. The zero-order valence-corrected chi connectivity index (χ0v) is 13.8. The van der Waals surface area contributed by atoms with Gasteiger partial charge in [-0.05, 0) is 42.5 Å². The molecule has 1 aromatic heterocycles. The van der Waals surface area contributed by atoms with E-state index in [0.717, 1.165) is 0 Å². The third-order valence-electron chi connectivity index (χ3n) is 3.85. The standard InChI is InChI=1S/C17H14ClN3O3/c1-20-13-8-7-12(9-14(13)21(2)17(24)16(20)23)19-15(22)10-3-5-11(18)6-4-10/h3-9H,1-2H3,(H,19,22). The maximum Gasteiger partial charge on any atom is 0.316 e. The van der Waals surface area contributed by atoms with Crippen LogP contribution in [0.3, 0.4) is 0 Å². The summed E-state index contributed by atoms with van der Waals surface area (Å²) < 4.78 is 2.57. The van der Waals surface area contributed by atoms with Crippen LogP contribution in [0.5, 0.6) is 0 Å². The van der Waals surface area contributed by atoms with Gasteiger partial charge in [-0.3, -0.25) is 14.4 Å². The van der Waals surface area contributed by atoms with Crippen LogP contribution in [0.25, 0.3) is 11.0 Å². The number of aromatic nitrogens is 2. The van der Waals surface area contributed by atoms with Gasteiger partial charge < -0.3 is 14.5 Å². The molecule has 3 rings (SSSR count). The molecule has 24 heavy (non-hydrogen) atoms. The van der Waals surface area contributed by atoms with Gasteiger partial charge in [0, 0.05) is 30.4 Å². The van der Waals surface area contributed by atoms with Gasteiger partial charge in [-0.2, -0.15) is 0 Å². The third-order valence-corrected chi connectivity index (χ3v) is 4.11. The molecule has 3 aromatic rings. The molecule has 0 atom stereocenters. The van der Waals surface area contributed by atoms with E-state index in [1.807, 2.05) is 0 Å². The lowest BCUT2D eigenvalue weighted by Crippen LogP contribution is -2.39. The number of halogens is 1. The lowest BCUT2D eigenvalue weighted by molar-refractivity contribution is 0.102. The maximum absolute atomic E-state index is 12.3. The van der Waals surface area contributed by atoms with Crippen molar-refractivity contribution in [3.8, 4) is 0 Å². The second-order valence-electron chi connectivity index (χ2n) is 5.39. The van der Waals surface area contributed by atoms with Gasteiger partial charge in [0.15, 0.2) is 0 Å². The molecule has 0 unspecified atom stereocenters. The molecule has 6 nitrogen and oxygen atoms in total. The number of anilines is 1. The molecule has 0 spiro atoms. The molecule has 0 radical (unpaired) electrons. The van der Waals surface area contributed by atoms with Crippen molar-refractivity contribution in [2.24, 2.45) is 14.1 Å². The lowest BCUT2D eigenvalue weighted by atomic mass is 10.2. The van der Waals surface area contributed by atoms with Crippen LogP contribution in [0.4, 0.5) is 5.69 Å². The minimum absolute atomic E-state index is 0.291. The number of aryl methyl sites for hydroxylation is 2. The van der Waals surface area contributed by atoms with Crippen LogP contribution in [-0.2, 0) is 14.1 Å². The van der Waals surface area contributed by atoms with Gasteiger partial charge in [-0.1, -0.05) is 11.6 Å². The Morgan fingerprint density at radius 2 is 1.50 bits per heavy atom. The molecule has 0 aliphatic heterocycles. The highest BCUT2D eigenvalue weighted by molar-refractivity contribution is 6.30. The summed E-state index contributed by atoms with van der Waals surface area (Å²) in [4.78, 5) is 36.0. The Balaban J connectivity index is 2.02. The van der Waals surface area contributed by atoms with E-state index in [-0.39, 0.29) is 5.91 Å². The van der Waals surface area contributed by atoms with Gasteiger partial charge in [0.2, 0.25) is 0 Å². The largest absolute Gasteiger partial charge is 0.322 e. The number of nitrogens with zero attached hydrogens (tertiary/aromatic N) is 2. The van der Waals surface area contributed by atoms with Gasteiger partial charge in [0.25, 0.3) is 5.91 Å². The summed E-state index contributed by atoms with van der Waals surface area (Å²) in [6, 6.07) is 11.5. The predicted molar refractivity (Wildman–Crippen MR) is 93.8 cm³/mol. The fourth-order valence-electron chi connectivity index (χ4n) is 2.46. The number of fused-ring (bicyclic) bond motifs is 1. The Bertz CT molecular complexity index is 1070. The molecule has 2 aromatic carbocycles. The average molecular weight is 344 g/mol. The van der Waals surface area contributed by atoms with Crippen molar-refractivity contribution in [1.82, 2.24) is 9.13 Å². The van der Waals surface area contributed by atoms with E-state index in [4.69, 9.17) is 11.6 Å². The molecule has 122 valence electrons. The number of hydrogen-bond acceptors (Lipinski definition) is 3. The summed E-state index contributed by atoms with van der Waals surface area (Å²) in [6.45, 7) is 0.